The van der Waals surface area contributed by atoms with Gasteiger partial charge in [0.15, 0.2) is 0 Å². The molecule has 4 rings (SSSR count). The SMILES string of the molecule is Cc1cc(C)n(-c2ccc(NC(=O)C3CCCCN3Cc3cnc[nH]3)cc2)n1. The lowest BCUT2D eigenvalue weighted by atomic mass is 10.0. The Morgan fingerprint density at radius 3 is 2.75 bits per heavy atom. The van der Waals surface area contributed by atoms with Crippen molar-refractivity contribution in [2.45, 2.75) is 45.7 Å². The number of anilines is 1. The van der Waals surface area contributed by atoms with E-state index in [9.17, 15) is 4.79 Å². The van der Waals surface area contributed by atoms with Crippen molar-refractivity contribution in [3.63, 3.8) is 0 Å². The molecule has 146 valence electrons. The number of H-pyrrole nitrogens is 1. The number of hydrogen-bond donors (Lipinski definition) is 2. The molecule has 1 unspecified atom stereocenters. The van der Waals surface area contributed by atoms with Gasteiger partial charge in [-0.2, -0.15) is 5.10 Å². The van der Waals surface area contributed by atoms with Crippen LogP contribution in [0.3, 0.4) is 0 Å². The van der Waals surface area contributed by atoms with Crippen molar-refractivity contribution in [1.82, 2.24) is 24.6 Å². The highest BCUT2D eigenvalue weighted by Gasteiger charge is 2.29. The van der Waals surface area contributed by atoms with Gasteiger partial charge in [0.1, 0.15) is 0 Å². The fraction of sp³-hybridized carbons (Fsp3) is 0.381. The molecule has 1 amide bonds. The number of hydrogen-bond acceptors (Lipinski definition) is 4. The van der Waals surface area contributed by atoms with Crippen molar-refractivity contribution in [1.29, 1.82) is 0 Å². The summed E-state index contributed by atoms with van der Waals surface area (Å²) in [5.74, 6) is 0.0538. The molecule has 1 saturated heterocycles. The molecule has 7 heteroatoms. The molecule has 2 aromatic heterocycles. The molecule has 0 spiro atoms. The molecule has 0 radical (unpaired) electrons. The summed E-state index contributed by atoms with van der Waals surface area (Å²) in [6, 6.07) is 9.77. The zero-order valence-electron chi connectivity index (χ0n) is 16.4. The zero-order valence-corrected chi connectivity index (χ0v) is 16.4. The number of benzene rings is 1. The number of aromatic amines is 1. The van der Waals surface area contributed by atoms with Crippen LogP contribution in [0.4, 0.5) is 5.69 Å². The van der Waals surface area contributed by atoms with Crippen molar-refractivity contribution in [2.75, 3.05) is 11.9 Å². The first-order valence-corrected chi connectivity index (χ1v) is 9.76. The van der Waals surface area contributed by atoms with Gasteiger partial charge >= 0.3 is 0 Å². The van der Waals surface area contributed by atoms with Crippen LogP contribution < -0.4 is 5.32 Å². The van der Waals surface area contributed by atoms with Crippen LogP contribution in [0.2, 0.25) is 0 Å². The Hall–Kier alpha value is -2.93. The molecule has 7 nitrogen and oxygen atoms in total. The van der Waals surface area contributed by atoms with Gasteiger partial charge in [-0.25, -0.2) is 9.67 Å². The minimum Gasteiger partial charge on any atom is -0.347 e. The standard InChI is InChI=1S/C21H26N6O/c1-15-11-16(2)27(25-15)19-8-6-17(7-9-19)24-21(28)20-5-3-4-10-26(20)13-18-12-22-14-23-18/h6-9,11-12,14,20H,3-5,10,13H2,1-2H3,(H,22,23)(H,24,28). The molecule has 3 aromatic rings. The number of carbonyl (C=O) groups excluding carboxylic acids is 1. The average Bonchev–Trinajstić information content (AvgIpc) is 3.32. The third-order valence-corrected chi connectivity index (χ3v) is 5.23. The zero-order chi connectivity index (χ0) is 19.5. The highest BCUT2D eigenvalue weighted by atomic mass is 16.2. The van der Waals surface area contributed by atoms with E-state index in [1.165, 1.54) is 0 Å². The van der Waals surface area contributed by atoms with Crippen LogP contribution in [0.15, 0.2) is 42.9 Å². The number of aromatic nitrogens is 4. The molecular weight excluding hydrogens is 352 g/mol. The van der Waals surface area contributed by atoms with Crippen molar-refractivity contribution < 1.29 is 4.79 Å². The average molecular weight is 378 g/mol. The first-order chi connectivity index (χ1) is 13.6. The number of carbonyl (C=O) groups is 1. The molecule has 0 saturated carbocycles. The molecule has 1 aliphatic heterocycles. The summed E-state index contributed by atoms with van der Waals surface area (Å²) in [6.07, 6.45) is 6.58. The summed E-state index contributed by atoms with van der Waals surface area (Å²) in [4.78, 5) is 22.4. The third-order valence-electron chi connectivity index (χ3n) is 5.23. The first-order valence-electron chi connectivity index (χ1n) is 9.76. The van der Waals surface area contributed by atoms with Crippen molar-refractivity contribution in [3.05, 3.63) is 59.9 Å². The van der Waals surface area contributed by atoms with Crippen molar-refractivity contribution >= 4 is 11.6 Å². The number of likely N-dealkylation sites (tertiary alicyclic amines) is 1. The first kappa shape index (κ1) is 18.4. The van der Waals surface area contributed by atoms with E-state index in [0.717, 1.165) is 60.8 Å². The monoisotopic (exact) mass is 378 g/mol. The summed E-state index contributed by atoms with van der Waals surface area (Å²) < 4.78 is 1.91. The number of piperidine rings is 1. The van der Waals surface area contributed by atoms with Gasteiger partial charge in [-0.05, 0) is 63.6 Å². The molecule has 3 heterocycles. The van der Waals surface area contributed by atoms with Gasteiger partial charge in [0.25, 0.3) is 0 Å². The van der Waals surface area contributed by atoms with E-state index in [1.54, 1.807) is 6.33 Å². The summed E-state index contributed by atoms with van der Waals surface area (Å²) in [7, 11) is 0. The molecule has 0 aliphatic carbocycles. The highest BCUT2D eigenvalue weighted by molar-refractivity contribution is 5.95. The molecule has 1 atom stereocenters. The quantitative estimate of drug-likeness (QED) is 0.715. The predicted octanol–water partition coefficient (Wildman–Crippen LogP) is 3.21. The molecule has 2 N–H and O–H groups in total. The van der Waals surface area contributed by atoms with Crippen LogP contribution in [0.5, 0.6) is 0 Å². The second-order valence-corrected chi connectivity index (χ2v) is 7.43. The van der Waals surface area contributed by atoms with Gasteiger partial charge in [0.05, 0.1) is 23.8 Å². The molecule has 1 aromatic carbocycles. The minimum atomic E-state index is -0.118. The van der Waals surface area contributed by atoms with Gasteiger partial charge in [-0.1, -0.05) is 6.42 Å². The maximum atomic E-state index is 12.9. The van der Waals surface area contributed by atoms with Crippen LogP contribution in [0, 0.1) is 13.8 Å². The van der Waals surface area contributed by atoms with Crippen LogP contribution in [0.25, 0.3) is 5.69 Å². The maximum Gasteiger partial charge on any atom is 0.241 e. The van der Waals surface area contributed by atoms with Gasteiger partial charge in [0, 0.05) is 29.8 Å². The van der Waals surface area contributed by atoms with Crippen LogP contribution in [-0.2, 0) is 11.3 Å². The Bertz CT molecular complexity index is 928. The molecule has 28 heavy (non-hydrogen) atoms. The largest absolute Gasteiger partial charge is 0.347 e. The highest BCUT2D eigenvalue weighted by Crippen LogP contribution is 2.21. The van der Waals surface area contributed by atoms with Crippen LogP contribution in [0.1, 0.15) is 36.3 Å². The van der Waals surface area contributed by atoms with E-state index in [-0.39, 0.29) is 11.9 Å². The van der Waals surface area contributed by atoms with Crippen LogP contribution in [-0.4, -0.2) is 43.1 Å². The number of nitrogens with zero attached hydrogens (tertiary/aromatic N) is 4. The van der Waals surface area contributed by atoms with Gasteiger partial charge in [-0.3, -0.25) is 9.69 Å². The molecule has 1 fully saturated rings. The molecule has 0 bridgehead atoms. The third kappa shape index (κ3) is 3.99. The fourth-order valence-electron chi connectivity index (χ4n) is 3.87. The summed E-state index contributed by atoms with van der Waals surface area (Å²) in [5, 5.41) is 7.59. The minimum absolute atomic E-state index is 0.0538. The Morgan fingerprint density at radius 2 is 2.07 bits per heavy atom. The smallest absolute Gasteiger partial charge is 0.241 e. The topological polar surface area (TPSA) is 78.8 Å². The fourth-order valence-corrected chi connectivity index (χ4v) is 3.87. The molecular formula is C21H26N6O. The lowest BCUT2D eigenvalue weighted by Crippen LogP contribution is -2.46. The lowest BCUT2D eigenvalue weighted by Gasteiger charge is -2.34. The van der Waals surface area contributed by atoms with Crippen molar-refractivity contribution in [3.8, 4) is 5.69 Å². The molecule has 1 aliphatic rings. The summed E-state index contributed by atoms with van der Waals surface area (Å²) >= 11 is 0. The number of rotatable bonds is 5. The van der Waals surface area contributed by atoms with Gasteiger partial charge in [0.2, 0.25) is 5.91 Å². The van der Waals surface area contributed by atoms with E-state index in [1.807, 2.05) is 55.1 Å². The number of nitrogens with one attached hydrogen (secondary N) is 2. The summed E-state index contributed by atoms with van der Waals surface area (Å²) in [6.45, 7) is 5.66. The second-order valence-electron chi connectivity index (χ2n) is 7.43. The number of imidazole rings is 1. The summed E-state index contributed by atoms with van der Waals surface area (Å²) in [5.41, 5.74) is 4.91. The van der Waals surface area contributed by atoms with Crippen molar-refractivity contribution in [2.24, 2.45) is 0 Å². The van der Waals surface area contributed by atoms with E-state index < -0.39 is 0 Å². The Labute approximate surface area is 164 Å². The number of aryl methyl sites for hydroxylation is 2. The van der Waals surface area contributed by atoms with E-state index in [4.69, 9.17) is 0 Å². The van der Waals surface area contributed by atoms with Gasteiger partial charge < -0.3 is 10.3 Å². The van der Waals surface area contributed by atoms with E-state index >= 15 is 0 Å². The van der Waals surface area contributed by atoms with E-state index in [2.05, 4.69) is 25.3 Å². The Balaban J connectivity index is 1.44. The normalized spacial score (nSPS) is 17.6. The van der Waals surface area contributed by atoms with E-state index in [0.29, 0.717) is 0 Å². The lowest BCUT2D eigenvalue weighted by molar-refractivity contribution is -0.122. The number of amides is 1. The van der Waals surface area contributed by atoms with Crippen LogP contribution >= 0.6 is 0 Å². The Morgan fingerprint density at radius 1 is 1.25 bits per heavy atom. The second kappa shape index (κ2) is 7.98. The maximum absolute atomic E-state index is 12.9. The predicted molar refractivity (Wildman–Crippen MR) is 108 cm³/mol. The Kier molecular flexibility index (Phi) is 5.25. The van der Waals surface area contributed by atoms with Gasteiger partial charge in [-0.15, -0.1) is 0 Å².